The monoisotopic (exact) mass is 460 g/mol. The van der Waals surface area contributed by atoms with Gasteiger partial charge in [-0.2, -0.15) is 18.2 Å². The number of anilines is 1. The highest BCUT2D eigenvalue weighted by Crippen LogP contribution is 2.34. The molecule has 0 saturated carbocycles. The molecule has 0 amide bonds. The Morgan fingerprint density at radius 3 is 2.52 bits per heavy atom. The summed E-state index contributed by atoms with van der Waals surface area (Å²) < 4.78 is 63.7. The molecule has 0 bridgehead atoms. The zero-order valence-electron chi connectivity index (χ0n) is 17.1. The van der Waals surface area contributed by atoms with E-state index in [1.165, 1.54) is 38.0 Å². The van der Waals surface area contributed by atoms with Gasteiger partial charge in [-0.3, -0.25) is 0 Å². The van der Waals surface area contributed by atoms with Crippen LogP contribution >= 0.6 is 0 Å². The number of benzene rings is 1. The number of nitrogens with one attached hydrogen (secondary N) is 1. The van der Waals surface area contributed by atoms with Crippen LogP contribution in [-0.2, 0) is 12.6 Å². The normalized spacial score (nSPS) is 11.4. The molecule has 0 aliphatic carbocycles. The number of nitrogens with zero attached hydrogens (tertiary/aromatic N) is 5. The standard InChI is InChI=1S/C21H16F4N6O2/c1-32-16-9-13(21(23,24)25)10-17(31-16)33-15-3-2-12(8-14(15)22)4-5-27-19-18-20(30-11-29-19)28-7-6-26-18/h2-3,6-11H,4-5H2,1H3,(H,27,28,29,30). The molecule has 1 N–H and O–H groups in total. The van der Waals surface area contributed by atoms with Gasteiger partial charge in [-0.05, 0) is 24.1 Å². The molecule has 4 aromatic rings. The van der Waals surface area contributed by atoms with Crippen molar-refractivity contribution in [2.75, 3.05) is 19.0 Å². The highest BCUT2D eigenvalue weighted by molar-refractivity contribution is 5.81. The van der Waals surface area contributed by atoms with Gasteiger partial charge < -0.3 is 14.8 Å². The van der Waals surface area contributed by atoms with E-state index in [1.54, 1.807) is 6.07 Å². The lowest BCUT2D eigenvalue weighted by molar-refractivity contribution is -0.137. The summed E-state index contributed by atoms with van der Waals surface area (Å²) in [5.41, 5.74) is 0.571. The third kappa shape index (κ3) is 5.22. The van der Waals surface area contributed by atoms with Crippen molar-refractivity contribution in [2.45, 2.75) is 12.6 Å². The van der Waals surface area contributed by atoms with Crippen LogP contribution in [0.25, 0.3) is 11.2 Å². The highest BCUT2D eigenvalue weighted by Gasteiger charge is 2.32. The van der Waals surface area contributed by atoms with Crippen molar-refractivity contribution in [3.63, 3.8) is 0 Å². The fourth-order valence-electron chi connectivity index (χ4n) is 2.95. The maximum atomic E-state index is 14.5. The molecule has 12 heteroatoms. The fourth-order valence-corrected chi connectivity index (χ4v) is 2.95. The van der Waals surface area contributed by atoms with E-state index in [9.17, 15) is 17.6 Å². The van der Waals surface area contributed by atoms with Crippen LogP contribution in [0.3, 0.4) is 0 Å². The molecule has 8 nitrogen and oxygen atoms in total. The summed E-state index contributed by atoms with van der Waals surface area (Å²) in [5.74, 6) is -1.25. The number of halogens is 4. The number of fused-ring (bicyclic) bond motifs is 1. The summed E-state index contributed by atoms with van der Waals surface area (Å²) >= 11 is 0. The van der Waals surface area contributed by atoms with Crippen LogP contribution in [0.2, 0.25) is 0 Å². The quantitative estimate of drug-likeness (QED) is 0.405. The maximum absolute atomic E-state index is 14.5. The van der Waals surface area contributed by atoms with Gasteiger partial charge in [0.15, 0.2) is 23.0 Å². The Balaban J connectivity index is 1.44. The molecule has 0 atom stereocenters. The molecule has 0 aliphatic rings. The first-order valence-electron chi connectivity index (χ1n) is 9.58. The van der Waals surface area contributed by atoms with Gasteiger partial charge in [-0.15, -0.1) is 0 Å². The molecular weight excluding hydrogens is 444 g/mol. The molecule has 0 aliphatic heterocycles. The van der Waals surface area contributed by atoms with E-state index >= 15 is 0 Å². The zero-order valence-corrected chi connectivity index (χ0v) is 17.1. The van der Waals surface area contributed by atoms with Crippen LogP contribution in [0.15, 0.2) is 49.1 Å². The smallest absolute Gasteiger partial charge is 0.416 e. The van der Waals surface area contributed by atoms with Crippen molar-refractivity contribution in [3.8, 4) is 17.5 Å². The van der Waals surface area contributed by atoms with Gasteiger partial charge in [0.2, 0.25) is 11.8 Å². The predicted molar refractivity (Wildman–Crippen MR) is 110 cm³/mol. The summed E-state index contributed by atoms with van der Waals surface area (Å²) in [6.07, 6.45) is 0.209. The second-order valence-electron chi connectivity index (χ2n) is 6.73. The Morgan fingerprint density at radius 1 is 0.970 bits per heavy atom. The second-order valence-corrected chi connectivity index (χ2v) is 6.73. The van der Waals surface area contributed by atoms with Gasteiger partial charge in [0.25, 0.3) is 0 Å². The largest absolute Gasteiger partial charge is 0.481 e. The molecule has 1 aromatic carbocycles. The van der Waals surface area contributed by atoms with Crippen molar-refractivity contribution >= 4 is 17.0 Å². The lowest BCUT2D eigenvalue weighted by Crippen LogP contribution is -2.08. The lowest BCUT2D eigenvalue weighted by atomic mass is 10.1. The van der Waals surface area contributed by atoms with Crippen LogP contribution in [0.5, 0.6) is 17.5 Å². The minimum atomic E-state index is -4.63. The summed E-state index contributed by atoms with van der Waals surface area (Å²) in [7, 11) is 1.17. The number of methoxy groups -OCH3 is 1. The minimum absolute atomic E-state index is 0.266. The van der Waals surface area contributed by atoms with Crippen LogP contribution in [0.4, 0.5) is 23.4 Å². The maximum Gasteiger partial charge on any atom is 0.416 e. The van der Waals surface area contributed by atoms with Crippen molar-refractivity contribution in [1.29, 1.82) is 0 Å². The molecule has 0 unspecified atom stereocenters. The van der Waals surface area contributed by atoms with E-state index < -0.39 is 23.4 Å². The molecular formula is C21H16F4N6O2. The molecule has 3 aromatic heterocycles. The molecule has 0 spiro atoms. The molecule has 4 rings (SSSR count). The number of rotatable bonds is 7. The molecule has 0 saturated heterocycles. The number of aromatic nitrogens is 5. The van der Waals surface area contributed by atoms with Gasteiger partial charge >= 0.3 is 6.18 Å². The molecule has 33 heavy (non-hydrogen) atoms. The van der Waals surface area contributed by atoms with Crippen molar-refractivity contribution in [2.24, 2.45) is 0 Å². The number of hydrogen-bond donors (Lipinski definition) is 1. The average Bonchev–Trinajstić information content (AvgIpc) is 2.80. The van der Waals surface area contributed by atoms with Gasteiger partial charge in [-0.25, -0.2) is 24.3 Å². The Hall–Kier alpha value is -4.09. The van der Waals surface area contributed by atoms with E-state index in [1.807, 2.05) is 0 Å². The molecule has 0 radical (unpaired) electrons. The van der Waals surface area contributed by atoms with Gasteiger partial charge in [0.05, 0.1) is 12.7 Å². The van der Waals surface area contributed by atoms with E-state index in [-0.39, 0.29) is 11.6 Å². The summed E-state index contributed by atoms with van der Waals surface area (Å²) in [6.45, 7) is 0.411. The second kappa shape index (κ2) is 9.18. The first-order chi connectivity index (χ1) is 15.8. The minimum Gasteiger partial charge on any atom is -0.481 e. The number of pyridine rings is 1. The fraction of sp³-hybridized carbons (Fsp3) is 0.190. The van der Waals surface area contributed by atoms with Gasteiger partial charge in [-0.1, -0.05) is 6.07 Å². The average molecular weight is 460 g/mol. The van der Waals surface area contributed by atoms with Crippen LogP contribution in [0.1, 0.15) is 11.1 Å². The predicted octanol–water partition coefficient (Wildman–Crippen LogP) is 4.43. The Bertz CT molecular complexity index is 1280. The topological polar surface area (TPSA) is 94.9 Å². The summed E-state index contributed by atoms with van der Waals surface area (Å²) in [5, 5.41) is 3.11. The first-order valence-corrected chi connectivity index (χ1v) is 9.58. The van der Waals surface area contributed by atoms with Gasteiger partial charge in [0.1, 0.15) is 11.8 Å². The molecule has 170 valence electrons. The highest BCUT2D eigenvalue weighted by atomic mass is 19.4. The van der Waals surface area contributed by atoms with E-state index in [2.05, 4.69) is 30.2 Å². The summed E-state index contributed by atoms with van der Waals surface area (Å²) in [4.78, 5) is 20.3. The number of hydrogen-bond acceptors (Lipinski definition) is 8. The van der Waals surface area contributed by atoms with Crippen LogP contribution in [-0.4, -0.2) is 38.6 Å². The Kier molecular flexibility index (Phi) is 6.16. The Labute approximate surface area is 184 Å². The molecule has 0 fully saturated rings. The number of alkyl halides is 3. The van der Waals surface area contributed by atoms with Crippen molar-refractivity contribution in [3.05, 3.63) is 66.0 Å². The first kappa shape index (κ1) is 22.1. The van der Waals surface area contributed by atoms with E-state index in [0.29, 0.717) is 41.6 Å². The summed E-state index contributed by atoms with van der Waals surface area (Å²) in [6, 6.07) is 5.56. The third-order valence-corrected chi connectivity index (χ3v) is 4.50. The van der Waals surface area contributed by atoms with Crippen LogP contribution in [0, 0.1) is 5.82 Å². The van der Waals surface area contributed by atoms with E-state index in [0.717, 1.165) is 6.07 Å². The Morgan fingerprint density at radius 2 is 1.76 bits per heavy atom. The molecule has 3 heterocycles. The number of ether oxygens (including phenoxy) is 2. The third-order valence-electron chi connectivity index (χ3n) is 4.50. The zero-order chi connectivity index (χ0) is 23.4. The van der Waals surface area contributed by atoms with Crippen LogP contribution < -0.4 is 14.8 Å². The van der Waals surface area contributed by atoms with Crippen molar-refractivity contribution < 1.29 is 27.0 Å². The van der Waals surface area contributed by atoms with Gasteiger partial charge in [0, 0.05) is 31.1 Å². The van der Waals surface area contributed by atoms with E-state index in [4.69, 9.17) is 9.47 Å². The van der Waals surface area contributed by atoms with Crippen molar-refractivity contribution in [1.82, 2.24) is 24.9 Å². The SMILES string of the molecule is COc1cc(C(F)(F)F)cc(Oc2ccc(CCNc3ncnc4nccnc34)cc2F)n1. The lowest BCUT2D eigenvalue weighted by Gasteiger charge is -2.12.